The second-order valence-electron chi connectivity index (χ2n) is 5.81. The molecule has 0 aliphatic carbocycles. The fourth-order valence-electron chi connectivity index (χ4n) is 3.02. The molecule has 1 saturated heterocycles. The van der Waals surface area contributed by atoms with Crippen LogP contribution < -0.4 is 0 Å². The first-order valence-corrected chi connectivity index (χ1v) is 7.46. The molecule has 2 aromatic carbocycles. The third-order valence-corrected chi connectivity index (χ3v) is 4.22. The summed E-state index contributed by atoms with van der Waals surface area (Å²) in [6.45, 7) is 0.138. The van der Waals surface area contributed by atoms with E-state index in [9.17, 15) is 20.1 Å². The number of aromatic hydroxyl groups is 2. The number of cyclic esters (lactones) is 1. The summed E-state index contributed by atoms with van der Waals surface area (Å²) in [4.78, 5) is 12.0. The molecule has 0 radical (unpaired) electrons. The Labute approximate surface area is 133 Å². The van der Waals surface area contributed by atoms with E-state index in [0.29, 0.717) is 12.0 Å². The number of hydrogen-bond donors (Lipinski definition) is 3. The average Bonchev–Trinajstić information content (AvgIpc) is 2.88. The monoisotopic (exact) mass is 314 g/mol. The summed E-state index contributed by atoms with van der Waals surface area (Å²) in [5.41, 5.74) is 1.36. The molecule has 1 aliphatic rings. The number of benzene rings is 2. The Bertz CT molecular complexity index is 712. The molecular weight excluding hydrogens is 296 g/mol. The molecule has 3 atom stereocenters. The first-order valence-electron chi connectivity index (χ1n) is 7.46. The average molecular weight is 314 g/mol. The van der Waals surface area contributed by atoms with E-state index in [-0.39, 0.29) is 24.1 Å². The van der Waals surface area contributed by atoms with Crippen LogP contribution in [0.25, 0.3) is 0 Å². The molecule has 0 spiro atoms. The Balaban J connectivity index is 1.82. The van der Waals surface area contributed by atoms with Crippen molar-refractivity contribution in [3.05, 3.63) is 59.7 Å². The van der Waals surface area contributed by atoms with Gasteiger partial charge in [0.1, 0.15) is 11.5 Å². The van der Waals surface area contributed by atoms with Crippen molar-refractivity contribution in [1.29, 1.82) is 0 Å². The lowest BCUT2D eigenvalue weighted by Crippen LogP contribution is -2.24. The van der Waals surface area contributed by atoms with Crippen LogP contribution in [0.4, 0.5) is 0 Å². The smallest absolute Gasteiger partial charge is 0.309 e. The Morgan fingerprint density at radius 2 is 1.78 bits per heavy atom. The minimum atomic E-state index is -0.907. The number of aliphatic hydroxyl groups excluding tert-OH is 1. The molecule has 3 rings (SSSR count). The number of carbonyl (C=O) groups excluding carboxylic acids is 1. The third-order valence-electron chi connectivity index (χ3n) is 4.22. The van der Waals surface area contributed by atoms with Crippen LogP contribution in [-0.4, -0.2) is 27.9 Å². The number of hydrogen-bond acceptors (Lipinski definition) is 5. The van der Waals surface area contributed by atoms with Gasteiger partial charge in [-0.15, -0.1) is 0 Å². The molecule has 1 aliphatic heterocycles. The van der Waals surface area contributed by atoms with Gasteiger partial charge < -0.3 is 20.1 Å². The summed E-state index contributed by atoms with van der Waals surface area (Å²) in [6, 6.07) is 13.1. The van der Waals surface area contributed by atoms with E-state index in [4.69, 9.17) is 4.74 Å². The molecule has 5 nitrogen and oxygen atoms in total. The number of carbonyl (C=O) groups is 1. The zero-order valence-electron chi connectivity index (χ0n) is 12.4. The molecule has 3 N–H and O–H groups in total. The van der Waals surface area contributed by atoms with E-state index in [1.54, 1.807) is 30.3 Å². The lowest BCUT2D eigenvalue weighted by molar-refractivity contribution is -0.141. The maximum absolute atomic E-state index is 12.0. The van der Waals surface area contributed by atoms with Gasteiger partial charge in [-0.05, 0) is 41.8 Å². The van der Waals surface area contributed by atoms with Gasteiger partial charge >= 0.3 is 5.97 Å². The van der Waals surface area contributed by atoms with Crippen LogP contribution in [0, 0.1) is 11.8 Å². The molecular formula is C18H18O5. The van der Waals surface area contributed by atoms with E-state index in [2.05, 4.69) is 0 Å². The zero-order chi connectivity index (χ0) is 16.4. The van der Waals surface area contributed by atoms with Crippen LogP contribution in [0.2, 0.25) is 0 Å². The Kier molecular flexibility index (Phi) is 4.21. The molecule has 1 heterocycles. The maximum atomic E-state index is 12.0. The molecule has 0 bridgehead atoms. The fourth-order valence-corrected chi connectivity index (χ4v) is 3.02. The van der Waals surface area contributed by atoms with E-state index in [1.807, 2.05) is 6.07 Å². The highest BCUT2D eigenvalue weighted by Gasteiger charge is 2.41. The van der Waals surface area contributed by atoms with Gasteiger partial charge in [0, 0.05) is 5.92 Å². The highest BCUT2D eigenvalue weighted by molar-refractivity contribution is 5.75. The predicted molar refractivity (Wildman–Crippen MR) is 82.8 cm³/mol. The summed E-state index contributed by atoms with van der Waals surface area (Å²) in [5, 5.41) is 29.7. The summed E-state index contributed by atoms with van der Waals surface area (Å²) < 4.78 is 5.13. The molecule has 2 aromatic rings. The van der Waals surface area contributed by atoms with Gasteiger partial charge in [-0.1, -0.05) is 24.3 Å². The lowest BCUT2D eigenvalue weighted by Gasteiger charge is -2.21. The summed E-state index contributed by atoms with van der Waals surface area (Å²) in [7, 11) is 0. The van der Waals surface area contributed by atoms with Crippen molar-refractivity contribution in [1.82, 2.24) is 0 Å². The normalized spacial score (nSPS) is 21.9. The highest BCUT2D eigenvalue weighted by Crippen LogP contribution is 2.36. The van der Waals surface area contributed by atoms with Gasteiger partial charge in [0.15, 0.2) is 0 Å². The van der Waals surface area contributed by atoms with Crippen molar-refractivity contribution < 1.29 is 24.9 Å². The molecule has 0 amide bonds. The minimum Gasteiger partial charge on any atom is -0.508 e. The highest BCUT2D eigenvalue weighted by atomic mass is 16.5. The summed E-state index contributed by atoms with van der Waals surface area (Å²) in [6.07, 6.45) is -0.524. The van der Waals surface area contributed by atoms with Crippen LogP contribution in [0.5, 0.6) is 11.5 Å². The van der Waals surface area contributed by atoms with Crippen LogP contribution in [-0.2, 0) is 16.0 Å². The second-order valence-corrected chi connectivity index (χ2v) is 5.81. The van der Waals surface area contributed by atoms with Gasteiger partial charge in [0.25, 0.3) is 0 Å². The molecule has 1 fully saturated rings. The van der Waals surface area contributed by atoms with Gasteiger partial charge in [0.2, 0.25) is 0 Å². The topological polar surface area (TPSA) is 87.0 Å². The molecule has 0 aromatic heterocycles. The number of rotatable bonds is 4. The van der Waals surface area contributed by atoms with E-state index < -0.39 is 17.9 Å². The molecule has 0 unspecified atom stereocenters. The first-order chi connectivity index (χ1) is 11.0. The fraction of sp³-hybridized carbons (Fsp3) is 0.278. The summed E-state index contributed by atoms with van der Waals surface area (Å²) in [5.74, 6) is -1.03. The van der Waals surface area contributed by atoms with Crippen molar-refractivity contribution in [3.8, 4) is 11.5 Å². The van der Waals surface area contributed by atoms with Crippen molar-refractivity contribution in [2.75, 3.05) is 6.61 Å². The van der Waals surface area contributed by atoms with Crippen molar-refractivity contribution in [2.24, 2.45) is 11.8 Å². The standard InChI is InChI=1S/C18H18O5/c19-13-5-1-3-11(7-13)8-15-16(10-23-18(15)22)17(21)12-4-2-6-14(20)9-12/h1-7,9,15-17,19-21H,8,10H2/t15-,16+,17-/m0/s1. The van der Waals surface area contributed by atoms with Crippen LogP contribution >= 0.6 is 0 Å². The van der Waals surface area contributed by atoms with Crippen LogP contribution in [0.3, 0.4) is 0 Å². The maximum Gasteiger partial charge on any atom is 0.309 e. The van der Waals surface area contributed by atoms with Crippen molar-refractivity contribution in [3.63, 3.8) is 0 Å². The quantitative estimate of drug-likeness (QED) is 0.753. The van der Waals surface area contributed by atoms with Crippen molar-refractivity contribution >= 4 is 5.97 Å². The van der Waals surface area contributed by atoms with Crippen molar-refractivity contribution in [2.45, 2.75) is 12.5 Å². The lowest BCUT2D eigenvalue weighted by atomic mass is 9.83. The number of phenols is 2. The van der Waals surface area contributed by atoms with E-state index >= 15 is 0 Å². The largest absolute Gasteiger partial charge is 0.508 e. The van der Waals surface area contributed by atoms with Gasteiger partial charge in [-0.3, -0.25) is 4.79 Å². The molecule has 0 saturated carbocycles. The SMILES string of the molecule is O=C1OC[C@@H]([C@@H](O)c2cccc(O)c2)[C@@H]1Cc1cccc(O)c1. The molecule has 5 heteroatoms. The van der Waals surface area contributed by atoms with Gasteiger partial charge in [0.05, 0.1) is 18.6 Å². The van der Waals surface area contributed by atoms with Gasteiger partial charge in [-0.25, -0.2) is 0 Å². The van der Waals surface area contributed by atoms with Crippen LogP contribution in [0.1, 0.15) is 17.2 Å². The Morgan fingerprint density at radius 1 is 1.09 bits per heavy atom. The Morgan fingerprint density at radius 3 is 2.48 bits per heavy atom. The second kappa shape index (κ2) is 6.30. The number of aliphatic hydroxyl groups is 1. The number of phenolic OH excluding ortho intramolecular Hbond substituents is 2. The van der Waals surface area contributed by atoms with Crippen LogP contribution in [0.15, 0.2) is 48.5 Å². The number of ether oxygens (including phenoxy) is 1. The zero-order valence-corrected chi connectivity index (χ0v) is 12.4. The Hall–Kier alpha value is -2.53. The first kappa shape index (κ1) is 15.4. The van der Waals surface area contributed by atoms with E-state index in [0.717, 1.165) is 5.56 Å². The molecule has 120 valence electrons. The molecule has 23 heavy (non-hydrogen) atoms. The van der Waals surface area contributed by atoms with Gasteiger partial charge in [-0.2, -0.15) is 0 Å². The summed E-state index contributed by atoms with van der Waals surface area (Å²) >= 11 is 0. The minimum absolute atomic E-state index is 0.0660. The van der Waals surface area contributed by atoms with E-state index in [1.165, 1.54) is 12.1 Å². The predicted octanol–water partition coefficient (Wildman–Crippen LogP) is 2.16. The number of esters is 1. The third kappa shape index (κ3) is 3.29.